The topological polar surface area (TPSA) is 71.5 Å². The van der Waals surface area contributed by atoms with Crippen LogP contribution in [0.2, 0.25) is 0 Å². The molecule has 112 valence electrons. The van der Waals surface area contributed by atoms with E-state index in [1.807, 2.05) is 18.2 Å². The number of ether oxygens (including phenoxy) is 1. The van der Waals surface area contributed by atoms with Crippen LogP contribution in [0.5, 0.6) is 5.75 Å². The Morgan fingerprint density at radius 3 is 2.95 bits per heavy atom. The summed E-state index contributed by atoms with van der Waals surface area (Å²) in [5.74, 6) is 0.0342. The van der Waals surface area contributed by atoms with Crippen molar-refractivity contribution in [2.24, 2.45) is 0 Å². The van der Waals surface area contributed by atoms with Crippen LogP contribution in [-0.2, 0) is 11.3 Å². The van der Waals surface area contributed by atoms with E-state index < -0.39 is 0 Å². The third-order valence-corrected chi connectivity index (χ3v) is 3.47. The SMILES string of the molecule is CN1C(=O)COc2c(C(=O)NCc3ccccn3)cccc21. The van der Waals surface area contributed by atoms with Gasteiger partial charge in [0.25, 0.3) is 11.8 Å². The minimum Gasteiger partial charge on any atom is -0.481 e. The number of pyridine rings is 1. The first-order valence-electron chi connectivity index (χ1n) is 6.87. The minimum absolute atomic E-state index is 0.0615. The van der Waals surface area contributed by atoms with Crippen molar-refractivity contribution >= 4 is 17.5 Å². The van der Waals surface area contributed by atoms with Gasteiger partial charge in [-0.15, -0.1) is 0 Å². The lowest BCUT2D eigenvalue weighted by Gasteiger charge is -2.27. The van der Waals surface area contributed by atoms with Gasteiger partial charge in [0.2, 0.25) is 0 Å². The molecule has 1 aliphatic heterocycles. The third kappa shape index (κ3) is 2.63. The Balaban J connectivity index is 1.80. The molecule has 0 unspecified atom stereocenters. The first-order valence-corrected chi connectivity index (χ1v) is 6.87. The number of fused-ring (bicyclic) bond motifs is 1. The summed E-state index contributed by atoms with van der Waals surface area (Å²) in [7, 11) is 1.67. The average molecular weight is 297 g/mol. The highest BCUT2D eigenvalue weighted by atomic mass is 16.5. The number of nitrogens with zero attached hydrogens (tertiary/aromatic N) is 2. The van der Waals surface area contributed by atoms with E-state index >= 15 is 0 Å². The molecule has 1 aromatic heterocycles. The van der Waals surface area contributed by atoms with E-state index in [2.05, 4.69) is 10.3 Å². The molecule has 0 bridgehead atoms. The minimum atomic E-state index is -0.259. The molecule has 6 heteroatoms. The number of hydrogen-bond acceptors (Lipinski definition) is 4. The highest BCUT2D eigenvalue weighted by Gasteiger charge is 2.26. The van der Waals surface area contributed by atoms with Gasteiger partial charge in [-0.05, 0) is 24.3 Å². The van der Waals surface area contributed by atoms with Gasteiger partial charge in [0, 0.05) is 13.2 Å². The number of rotatable bonds is 3. The molecule has 2 amide bonds. The Morgan fingerprint density at radius 2 is 2.18 bits per heavy atom. The standard InChI is InChI=1S/C16H15N3O3/c1-19-13-7-4-6-12(15(13)22-10-14(19)20)16(21)18-9-11-5-2-3-8-17-11/h2-8H,9-10H2,1H3,(H,18,21). The number of hydrogen-bond donors (Lipinski definition) is 1. The molecular formula is C16H15N3O3. The zero-order valence-corrected chi connectivity index (χ0v) is 12.1. The number of benzene rings is 1. The zero-order valence-electron chi connectivity index (χ0n) is 12.1. The van der Waals surface area contributed by atoms with Crippen LogP contribution >= 0.6 is 0 Å². The second kappa shape index (κ2) is 5.85. The molecule has 0 spiro atoms. The second-order valence-electron chi connectivity index (χ2n) is 4.90. The van der Waals surface area contributed by atoms with Crippen molar-refractivity contribution in [3.05, 3.63) is 53.9 Å². The van der Waals surface area contributed by atoms with Crippen LogP contribution in [0.15, 0.2) is 42.6 Å². The molecule has 2 aromatic rings. The van der Waals surface area contributed by atoms with E-state index in [0.29, 0.717) is 23.5 Å². The van der Waals surface area contributed by atoms with E-state index in [0.717, 1.165) is 5.69 Å². The molecule has 0 fully saturated rings. The van der Waals surface area contributed by atoms with E-state index in [-0.39, 0.29) is 18.4 Å². The molecule has 1 aliphatic rings. The van der Waals surface area contributed by atoms with Crippen molar-refractivity contribution in [2.75, 3.05) is 18.6 Å². The second-order valence-corrected chi connectivity index (χ2v) is 4.90. The summed E-state index contributed by atoms with van der Waals surface area (Å²) in [5, 5.41) is 2.81. The van der Waals surface area contributed by atoms with Gasteiger partial charge in [-0.3, -0.25) is 14.6 Å². The zero-order chi connectivity index (χ0) is 15.5. The Labute approximate surface area is 127 Å². The summed E-state index contributed by atoms with van der Waals surface area (Å²) < 4.78 is 5.44. The number of carbonyl (C=O) groups excluding carboxylic acids is 2. The van der Waals surface area contributed by atoms with Gasteiger partial charge in [0.15, 0.2) is 12.4 Å². The van der Waals surface area contributed by atoms with E-state index in [1.165, 1.54) is 4.90 Å². The summed E-state index contributed by atoms with van der Waals surface area (Å²) >= 11 is 0. The van der Waals surface area contributed by atoms with Gasteiger partial charge in [0.05, 0.1) is 23.5 Å². The molecule has 0 saturated heterocycles. The van der Waals surface area contributed by atoms with Crippen LogP contribution in [0.1, 0.15) is 16.1 Å². The first kappa shape index (κ1) is 14.1. The van der Waals surface area contributed by atoms with Crippen molar-refractivity contribution in [1.82, 2.24) is 10.3 Å². The number of carbonyl (C=O) groups is 2. The number of aromatic nitrogens is 1. The maximum Gasteiger partial charge on any atom is 0.264 e. The quantitative estimate of drug-likeness (QED) is 0.928. The van der Waals surface area contributed by atoms with Gasteiger partial charge in [-0.2, -0.15) is 0 Å². The van der Waals surface area contributed by atoms with Gasteiger partial charge >= 0.3 is 0 Å². The number of likely N-dealkylation sites (N-methyl/N-ethyl adjacent to an activating group) is 1. The van der Waals surface area contributed by atoms with Crippen LogP contribution in [-0.4, -0.2) is 30.5 Å². The van der Waals surface area contributed by atoms with Crippen molar-refractivity contribution in [2.45, 2.75) is 6.54 Å². The van der Waals surface area contributed by atoms with E-state index in [9.17, 15) is 9.59 Å². The molecule has 1 N–H and O–H groups in total. The van der Waals surface area contributed by atoms with Crippen molar-refractivity contribution < 1.29 is 14.3 Å². The summed E-state index contributed by atoms with van der Waals surface area (Å²) in [6, 6.07) is 10.7. The number of amides is 2. The summed E-state index contributed by atoms with van der Waals surface area (Å²) in [6.45, 7) is 0.270. The summed E-state index contributed by atoms with van der Waals surface area (Å²) in [5.41, 5.74) is 1.78. The molecule has 0 radical (unpaired) electrons. The molecular weight excluding hydrogens is 282 g/mol. The Kier molecular flexibility index (Phi) is 3.74. The molecule has 1 aromatic carbocycles. The number of para-hydroxylation sites is 1. The highest BCUT2D eigenvalue weighted by molar-refractivity contribution is 6.03. The molecule has 6 nitrogen and oxygen atoms in total. The average Bonchev–Trinajstić information content (AvgIpc) is 2.56. The van der Waals surface area contributed by atoms with Gasteiger partial charge in [0.1, 0.15) is 0 Å². The third-order valence-electron chi connectivity index (χ3n) is 3.47. The lowest BCUT2D eigenvalue weighted by atomic mass is 10.1. The largest absolute Gasteiger partial charge is 0.481 e. The van der Waals surface area contributed by atoms with Crippen LogP contribution in [0.3, 0.4) is 0 Å². The predicted molar refractivity (Wildman–Crippen MR) is 80.8 cm³/mol. The van der Waals surface area contributed by atoms with Crippen molar-refractivity contribution in [3.8, 4) is 5.75 Å². The predicted octanol–water partition coefficient (Wildman–Crippen LogP) is 1.37. The Hall–Kier alpha value is -2.89. The maximum atomic E-state index is 12.4. The number of anilines is 1. The Morgan fingerprint density at radius 1 is 1.32 bits per heavy atom. The van der Waals surface area contributed by atoms with Crippen molar-refractivity contribution in [1.29, 1.82) is 0 Å². The Bertz CT molecular complexity index is 716. The normalized spacial score (nSPS) is 13.3. The van der Waals surface area contributed by atoms with Gasteiger partial charge in [-0.25, -0.2) is 0 Å². The van der Waals surface area contributed by atoms with E-state index in [4.69, 9.17) is 4.74 Å². The molecule has 22 heavy (non-hydrogen) atoms. The molecule has 0 atom stereocenters. The fraction of sp³-hybridized carbons (Fsp3) is 0.188. The molecule has 0 aliphatic carbocycles. The van der Waals surface area contributed by atoms with Gasteiger partial charge in [-0.1, -0.05) is 12.1 Å². The van der Waals surface area contributed by atoms with Crippen LogP contribution in [0.4, 0.5) is 5.69 Å². The summed E-state index contributed by atoms with van der Waals surface area (Å²) in [6.07, 6.45) is 1.68. The molecule has 2 heterocycles. The lowest BCUT2D eigenvalue weighted by Crippen LogP contribution is -2.36. The van der Waals surface area contributed by atoms with Gasteiger partial charge < -0.3 is 15.0 Å². The van der Waals surface area contributed by atoms with Crippen LogP contribution in [0, 0.1) is 0 Å². The first-order chi connectivity index (χ1) is 10.7. The molecule has 0 saturated carbocycles. The monoisotopic (exact) mass is 297 g/mol. The smallest absolute Gasteiger partial charge is 0.264 e. The highest BCUT2D eigenvalue weighted by Crippen LogP contribution is 2.34. The number of nitrogens with one attached hydrogen (secondary N) is 1. The molecule has 3 rings (SSSR count). The maximum absolute atomic E-state index is 12.4. The fourth-order valence-electron chi connectivity index (χ4n) is 2.25. The van der Waals surface area contributed by atoms with Crippen LogP contribution < -0.4 is 15.0 Å². The van der Waals surface area contributed by atoms with Crippen LogP contribution in [0.25, 0.3) is 0 Å². The van der Waals surface area contributed by atoms with E-state index in [1.54, 1.807) is 31.4 Å². The lowest BCUT2D eigenvalue weighted by molar-refractivity contribution is -0.121. The summed E-state index contributed by atoms with van der Waals surface area (Å²) in [4.78, 5) is 29.6. The van der Waals surface area contributed by atoms with Crippen molar-refractivity contribution in [3.63, 3.8) is 0 Å². The fourth-order valence-corrected chi connectivity index (χ4v) is 2.25.